The molecule has 21 heavy (non-hydrogen) atoms. The van der Waals surface area contributed by atoms with Gasteiger partial charge in [0.2, 0.25) is 6.10 Å². The Kier molecular flexibility index (Phi) is 4.37. The zero-order chi connectivity index (χ0) is 15.9. The fourth-order valence-corrected chi connectivity index (χ4v) is 2.62. The summed E-state index contributed by atoms with van der Waals surface area (Å²) < 4.78 is 47.8. The van der Waals surface area contributed by atoms with Gasteiger partial charge in [0.05, 0.1) is 15.1 Å². The van der Waals surface area contributed by atoms with E-state index in [-0.39, 0.29) is 26.4 Å². The lowest BCUT2D eigenvalue weighted by molar-refractivity contribution is -0.225. The number of halogens is 6. The second kappa shape index (κ2) is 5.62. The van der Waals surface area contributed by atoms with Gasteiger partial charge >= 0.3 is 12.3 Å². The summed E-state index contributed by atoms with van der Waals surface area (Å²) in [6, 6.07) is 1.10. The van der Waals surface area contributed by atoms with Crippen molar-refractivity contribution in [2.75, 3.05) is 0 Å². The Balaban J connectivity index is 2.47. The minimum Gasteiger partial charge on any atom is -0.477 e. The largest absolute Gasteiger partial charge is 0.506 e. The van der Waals surface area contributed by atoms with E-state index in [4.69, 9.17) is 44.6 Å². The van der Waals surface area contributed by atoms with Crippen molar-refractivity contribution < 1.29 is 32.5 Å². The summed E-state index contributed by atoms with van der Waals surface area (Å²) in [5.41, 5.74) is 0.109. The molecule has 1 aliphatic heterocycles. The van der Waals surface area contributed by atoms with Gasteiger partial charge in [0.1, 0.15) is 5.75 Å². The Hall–Kier alpha value is -1.05. The molecular formula is C11H6Cl3F3O4. The zero-order valence-electron chi connectivity index (χ0n) is 9.88. The molecule has 1 aromatic rings. The number of carbonyl (C=O) groups is 1. The van der Waals surface area contributed by atoms with E-state index >= 15 is 0 Å². The lowest BCUT2D eigenvalue weighted by atomic mass is 9.98. The van der Waals surface area contributed by atoms with Crippen LogP contribution in [-0.4, -0.2) is 29.6 Å². The maximum Gasteiger partial charge on any atom is 0.506 e. The second-order valence-corrected chi connectivity index (χ2v) is 5.33. The second-order valence-electron chi connectivity index (χ2n) is 4.17. The van der Waals surface area contributed by atoms with Crippen LogP contribution in [0.25, 0.3) is 0 Å². The summed E-state index contributed by atoms with van der Waals surface area (Å²) in [6.45, 7) is 0. The molecule has 116 valence electrons. The standard InChI is InChI=1S/C11H6Cl3F3O4/c12-4-2-5-3(7(13)8(4)14)1-6(21-10(18)19)9(20-5)11(15,16)17/h2,6,9H,1H2,(H,18,19)/t6-,9+/m0/s1. The van der Waals surface area contributed by atoms with E-state index in [2.05, 4.69) is 4.74 Å². The lowest BCUT2D eigenvalue weighted by Gasteiger charge is -2.34. The molecule has 0 aliphatic carbocycles. The first-order valence-corrected chi connectivity index (χ1v) is 6.54. The average Bonchev–Trinajstić information content (AvgIpc) is 2.34. The van der Waals surface area contributed by atoms with Gasteiger partial charge in [-0.3, -0.25) is 0 Å². The van der Waals surface area contributed by atoms with Crippen LogP contribution in [0.15, 0.2) is 6.07 Å². The molecule has 0 radical (unpaired) electrons. The van der Waals surface area contributed by atoms with Crippen LogP contribution in [-0.2, 0) is 11.2 Å². The van der Waals surface area contributed by atoms with Crippen molar-refractivity contribution >= 4 is 41.0 Å². The molecule has 0 spiro atoms. The van der Waals surface area contributed by atoms with Crippen molar-refractivity contribution in [3.63, 3.8) is 0 Å². The average molecular weight is 366 g/mol. The highest BCUT2D eigenvalue weighted by Crippen LogP contribution is 2.44. The van der Waals surface area contributed by atoms with E-state index in [1.807, 2.05) is 0 Å². The first-order chi connectivity index (χ1) is 9.61. The molecule has 10 heteroatoms. The van der Waals surface area contributed by atoms with Gasteiger partial charge in [0.25, 0.3) is 0 Å². The highest BCUT2D eigenvalue weighted by molar-refractivity contribution is 6.48. The van der Waals surface area contributed by atoms with E-state index in [9.17, 15) is 18.0 Å². The molecule has 1 aliphatic rings. The van der Waals surface area contributed by atoms with E-state index in [0.717, 1.165) is 6.07 Å². The third kappa shape index (κ3) is 3.25. The van der Waals surface area contributed by atoms with Crippen LogP contribution in [0, 0.1) is 0 Å². The number of benzene rings is 1. The van der Waals surface area contributed by atoms with Crippen molar-refractivity contribution in [1.29, 1.82) is 0 Å². The first-order valence-electron chi connectivity index (χ1n) is 5.40. The van der Waals surface area contributed by atoms with Crippen LogP contribution in [0.5, 0.6) is 5.75 Å². The molecule has 1 heterocycles. The Bertz CT molecular complexity index is 591. The molecule has 0 fully saturated rings. The van der Waals surface area contributed by atoms with E-state index in [0.29, 0.717) is 0 Å². The summed E-state index contributed by atoms with van der Waals surface area (Å²) in [5, 5.41) is 8.32. The molecule has 0 amide bonds. The SMILES string of the molecule is O=C(O)O[C@H]1Cc2c(cc(Cl)c(Cl)c2Cl)O[C@H]1C(F)(F)F. The minimum absolute atomic E-state index is 0.0554. The number of alkyl halides is 3. The van der Waals surface area contributed by atoms with Crippen LogP contribution in [0.1, 0.15) is 5.56 Å². The molecule has 4 nitrogen and oxygen atoms in total. The Morgan fingerprint density at radius 1 is 1.33 bits per heavy atom. The Morgan fingerprint density at radius 2 is 1.95 bits per heavy atom. The number of hydrogen-bond acceptors (Lipinski definition) is 3. The van der Waals surface area contributed by atoms with Gasteiger partial charge in [-0.15, -0.1) is 0 Å². The number of carboxylic acid groups (broad SMARTS) is 1. The maximum absolute atomic E-state index is 12.9. The van der Waals surface area contributed by atoms with Crippen LogP contribution in [0.3, 0.4) is 0 Å². The summed E-state index contributed by atoms with van der Waals surface area (Å²) in [6.07, 6.45) is -11.3. The molecular weight excluding hydrogens is 359 g/mol. The Morgan fingerprint density at radius 3 is 2.48 bits per heavy atom. The summed E-state index contributed by atoms with van der Waals surface area (Å²) >= 11 is 17.4. The van der Waals surface area contributed by atoms with Crippen LogP contribution >= 0.6 is 34.8 Å². The van der Waals surface area contributed by atoms with E-state index < -0.39 is 31.0 Å². The third-order valence-electron chi connectivity index (χ3n) is 2.79. The maximum atomic E-state index is 12.9. The first kappa shape index (κ1) is 16.3. The fourth-order valence-electron chi connectivity index (χ4n) is 1.94. The quantitative estimate of drug-likeness (QED) is 0.585. The molecule has 1 N–H and O–H groups in total. The normalized spacial score (nSPS) is 21.4. The number of hydrogen-bond donors (Lipinski definition) is 1. The van der Waals surface area contributed by atoms with Crippen molar-refractivity contribution in [3.8, 4) is 5.75 Å². The molecule has 0 saturated carbocycles. The van der Waals surface area contributed by atoms with Crippen molar-refractivity contribution in [1.82, 2.24) is 0 Å². The van der Waals surface area contributed by atoms with Gasteiger partial charge in [0, 0.05) is 18.1 Å². The van der Waals surface area contributed by atoms with E-state index in [1.165, 1.54) is 0 Å². The molecule has 0 unspecified atom stereocenters. The fraction of sp³-hybridized carbons (Fsp3) is 0.364. The number of fused-ring (bicyclic) bond motifs is 1. The zero-order valence-corrected chi connectivity index (χ0v) is 12.1. The monoisotopic (exact) mass is 364 g/mol. The highest BCUT2D eigenvalue weighted by atomic mass is 35.5. The third-order valence-corrected chi connectivity index (χ3v) is 4.10. The molecule has 2 rings (SSSR count). The topological polar surface area (TPSA) is 55.8 Å². The predicted octanol–water partition coefficient (Wildman–Crippen LogP) is 4.58. The van der Waals surface area contributed by atoms with Gasteiger partial charge in [-0.1, -0.05) is 34.8 Å². The smallest absolute Gasteiger partial charge is 0.477 e. The molecule has 0 aromatic heterocycles. The van der Waals surface area contributed by atoms with Crippen molar-refractivity contribution in [2.45, 2.75) is 24.8 Å². The van der Waals surface area contributed by atoms with Crippen LogP contribution in [0.4, 0.5) is 18.0 Å². The lowest BCUT2D eigenvalue weighted by Crippen LogP contribution is -2.49. The van der Waals surface area contributed by atoms with Crippen molar-refractivity contribution in [3.05, 3.63) is 26.7 Å². The van der Waals surface area contributed by atoms with Crippen LogP contribution < -0.4 is 4.74 Å². The van der Waals surface area contributed by atoms with Crippen molar-refractivity contribution in [2.24, 2.45) is 0 Å². The molecule has 1 aromatic carbocycles. The summed E-state index contributed by atoms with van der Waals surface area (Å²) in [5.74, 6) is -0.207. The molecule has 0 saturated heterocycles. The van der Waals surface area contributed by atoms with Gasteiger partial charge in [-0.25, -0.2) is 4.79 Å². The minimum atomic E-state index is -4.82. The summed E-state index contributed by atoms with van der Waals surface area (Å²) in [4.78, 5) is 10.5. The predicted molar refractivity (Wildman–Crippen MR) is 68.5 cm³/mol. The summed E-state index contributed by atoms with van der Waals surface area (Å²) in [7, 11) is 0. The Labute approximate surface area is 131 Å². The number of rotatable bonds is 1. The molecule has 2 atom stereocenters. The van der Waals surface area contributed by atoms with Gasteiger partial charge in [-0.2, -0.15) is 13.2 Å². The van der Waals surface area contributed by atoms with Gasteiger partial charge in [-0.05, 0) is 0 Å². The molecule has 0 bridgehead atoms. The number of ether oxygens (including phenoxy) is 2. The van der Waals surface area contributed by atoms with E-state index in [1.54, 1.807) is 0 Å². The highest BCUT2D eigenvalue weighted by Gasteiger charge is 2.51. The van der Waals surface area contributed by atoms with Gasteiger partial charge in [0.15, 0.2) is 6.10 Å². The van der Waals surface area contributed by atoms with Gasteiger partial charge < -0.3 is 14.6 Å². The van der Waals surface area contributed by atoms with Crippen LogP contribution in [0.2, 0.25) is 15.1 Å².